The van der Waals surface area contributed by atoms with Crippen molar-refractivity contribution in [1.29, 1.82) is 0 Å². The Bertz CT molecular complexity index is 887. The number of terminal acetylenes is 1. The summed E-state index contributed by atoms with van der Waals surface area (Å²) >= 11 is 0. The van der Waals surface area contributed by atoms with Crippen LogP contribution in [0.4, 0.5) is 8.78 Å². The minimum atomic E-state index is -0.837. The van der Waals surface area contributed by atoms with Gasteiger partial charge in [0.15, 0.2) is 0 Å². The van der Waals surface area contributed by atoms with Gasteiger partial charge in [0.1, 0.15) is 11.6 Å². The molecule has 1 amide bonds. The number of halogens is 2. The number of carbonyl (C=O) groups excluding carboxylic acids is 1. The maximum atomic E-state index is 14.2. The molecule has 0 radical (unpaired) electrons. The van der Waals surface area contributed by atoms with Crippen molar-refractivity contribution >= 4 is 11.5 Å². The Morgan fingerprint density at radius 2 is 2.00 bits per heavy atom. The first kappa shape index (κ1) is 17.8. The highest BCUT2D eigenvalue weighted by molar-refractivity contribution is 5.87. The number of nitrogens with zero attached hydrogens (tertiary/aromatic N) is 1. The minimum absolute atomic E-state index is 0.112. The molecule has 1 heterocycles. The second kappa shape index (κ2) is 7.51. The lowest BCUT2D eigenvalue weighted by Gasteiger charge is -2.27. The topological polar surface area (TPSA) is 46.3 Å². The maximum absolute atomic E-state index is 14.2. The van der Waals surface area contributed by atoms with Gasteiger partial charge in [-0.3, -0.25) is 4.79 Å². The standard InChI is InChI=1S/C21H18F2N2O/c1-2-6-19(24)21(26)25-13-15(17-12-16(22)9-10-18(17)23)11-20(25)14-7-4-3-5-8-14/h1,3-5,7-12,19-20H,6,13,24H2. The Morgan fingerprint density at radius 1 is 1.27 bits per heavy atom. The van der Waals surface area contributed by atoms with E-state index in [0.717, 1.165) is 23.8 Å². The quantitative estimate of drug-likeness (QED) is 0.859. The van der Waals surface area contributed by atoms with Crippen molar-refractivity contribution in [3.8, 4) is 12.3 Å². The Kier molecular flexibility index (Phi) is 5.15. The van der Waals surface area contributed by atoms with Crippen LogP contribution in [0, 0.1) is 24.0 Å². The van der Waals surface area contributed by atoms with Crippen molar-refractivity contribution in [2.45, 2.75) is 18.5 Å². The molecule has 0 fully saturated rings. The second-order valence-electron chi connectivity index (χ2n) is 6.15. The first-order valence-corrected chi connectivity index (χ1v) is 8.22. The third-order valence-electron chi connectivity index (χ3n) is 4.39. The monoisotopic (exact) mass is 352 g/mol. The summed E-state index contributed by atoms with van der Waals surface area (Å²) < 4.78 is 27.8. The molecule has 1 aliphatic heterocycles. The smallest absolute Gasteiger partial charge is 0.241 e. The molecule has 26 heavy (non-hydrogen) atoms. The van der Waals surface area contributed by atoms with Gasteiger partial charge in [-0.2, -0.15) is 0 Å². The molecule has 2 aromatic carbocycles. The highest BCUT2D eigenvalue weighted by atomic mass is 19.1. The van der Waals surface area contributed by atoms with E-state index in [0.29, 0.717) is 5.57 Å². The molecule has 0 aromatic heterocycles. The van der Waals surface area contributed by atoms with Gasteiger partial charge in [-0.1, -0.05) is 36.4 Å². The van der Waals surface area contributed by atoms with E-state index in [-0.39, 0.29) is 24.4 Å². The predicted molar refractivity (Wildman–Crippen MR) is 96.7 cm³/mol. The van der Waals surface area contributed by atoms with Gasteiger partial charge < -0.3 is 10.6 Å². The van der Waals surface area contributed by atoms with Crippen LogP contribution in [0.2, 0.25) is 0 Å². The first-order chi connectivity index (χ1) is 12.5. The molecule has 0 bridgehead atoms. The van der Waals surface area contributed by atoms with Crippen LogP contribution < -0.4 is 5.73 Å². The van der Waals surface area contributed by atoms with Crippen LogP contribution in [-0.2, 0) is 4.79 Å². The summed E-state index contributed by atoms with van der Waals surface area (Å²) in [6.07, 6.45) is 7.14. The Hall–Kier alpha value is -2.97. The number of hydrogen-bond acceptors (Lipinski definition) is 2. The number of carbonyl (C=O) groups is 1. The normalized spacial score (nSPS) is 17.5. The van der Waals surface area contributed by atoms with E-state index in [2.05, 4.69) is 5.92 Å². The zero-order valence-electron chi connectivity index (χ0n) is 14.0. The maximum Gasteiger partial charge on any atom is 0.241 e. The molecule has 2 N–H and O–H groups in total. The zero-order valence-corrected chi connectivity index (χ0v) is 14.0. The van der Waals surface area contributed by atoms with E-state index in [1.54, 1.807) is 11.0 Å². The van der Waals surface area contributed by atoms with Gasteiger partial charge in [-0.25, -0.2) is 8.78 Å². The van der Waals surface area contributed by atoms with Crippen molar-refractivity contribution in [1.82, 2.24) is 4.90 Å². The summed E-state index contributed by atoms with van der Waals surface area (Å²) in [6, 6.07) is 11.4. The average molecular weight is 352 g/mol. The summed E-state index contributed by atoms with van der Waals surface area (Å²) in [4.78, 5) is 14.3. The summed E-state index contributed by atoms with van der Waals surface area (Å²) in [5.41, 5.74) is 7.44. The summed E-state index contributed by atoms with van der Waals surface area (Å²) in [6.45, 7) is 0.136. The lowest BCUT2D eigenvalue weighted by molar-refractivity contribution is -0.132. The van der Waals surface area contributed by atoms with Crippen LogP contribution in [0.5, 0.6) is 0 Å². The van der Waals surface area contributed by atoms with E-state index < -0.39 is 23.7 Å². The Labute approximate surface area is 151 Å². The molecule has 3 nitrogen and oxygen atoms in total. The van der Waals surface area contributed by atoms with Crippen molar-refractivity contribution < 1.29 is 13.6 Å². The number of amides is 1. The van der Waals surface area contributed by atoms with Gasteiger partial charge in [-0.05, 0) is 29.3 Å². The van der Waals surface area contributed by atoms with Crippen molar-refractivity contribution in [3.05, 3.63) is 77.4 Å². The van der Waals surface area contributed by atoms with E-state index >= 15 is 0 Å². The van der Waals surface area contributed by atoms with Gasteiger partial charge in [0.25, 0.3) is 0 Å². The summed E-state index contributed by atoms with van der Waals surface area (Å²) in [7, 11) is 0. The third-order valence-corrected chi connectivity index (χ3v) is 4.39. The van der Waals surface area contributed by atoms with Gasteiger partial charge in [0.2, 0.25) is 5.91 Å². The van der Waals surface area contributed by atoms with Gasteiger partial charge in [0.05, 0.1) is 12.1 Å². The fourth-order valence-corrected chi connectivity index (χ4v) is 3.10. The van der Waals surface area contributed by atoms with E-state index in [1.807, 2.05) is 30.3 Å². The number of nitrogens with two attached hydrogens (primary N) is 1. The molecule has 0 saturated heterocycles. The van der Waals surface area contributed by atoms with Gasteiger partial charge >= 0.3 is 0 Å². The van der Waals surface area contributed by atoms with Crippen LogP contribution >= 0.6 is 0 Å². The average Bonchev–Trinajstić information content (AvgIpc) is 3.09. The zero-order chi connectivity index (χ0) is 18.7. The molecule has 2 aromatic rings. The molecule has 0 saturated carbocycles. The van der Waals surface area contributed by atoms with Crippen LogP contribution in [0.3, 0.4) is 0 Å². The number of hydrogen-bond donors (Lipinski definition) is 1. The lowest BCUT2D eigenvalue weighted by atomic mass is 10.0. The van der Waals surface area contributed by atoms with E-state index in [9.17, 15) is 13.6 Å². The minimum Gasteiger partial charge on any atom is -0.326 e. The van der Waals surface area contributed by atoms with Crippen molar-refractivity contribution in [2.24, 2.45) is 5.73 Å². The lowest BCUT2D eigenvalue weighted by Crippen LogP contribution is -2.43. The molecule has 2 unspecified atom stereocenters. The molecule has 132 valence electrons. The largest absolute Gasteiger partial charge is 0.326 e. The highest BCUT2D eigenvalue weighted by Crippen LogP contribution is 2.36. The highest BCUT2D eigenvalue weighted by Gasteiger charge is 2.33. The van der Waals surface area contributed by atoms with Gasteiger partial charge in [-0.15, -0.1) is 12.3 Å². The summed E-state index contributed by atoms with van der Waals surface area (Å²) in [5.74, 6) is 0.997. The van der Waals surface area contributed by atoms with E-state index in [4.69, 9.17) is 12.2 Å². The molecule has 1 aliphatic rings. The Balaban J connectivity index is 2.00. The second-order valence-corrected chi connectivity index (χ2v) is 6.15. The fourth-order valence-electron chi connectivity index (χ4n) is 3.10. The van der Waals surface area contributed by atoms with Gasteiger partial charge in [0, 0.05) is 18.5 Å². The number of benzene rings is 2. The molecule has 2 atom stereocenters. The van der Waals surface area contributed by atoms with Crippen LogP contribution in [-0.4, -0.2) is 23.4 Å². The molecular weight excluding hydrogens is 334 g/mol. The van der Waals surface area contributed by atoms with Crippen LogP contribution in [0.1, 0.15) is 23.6 Å². The summed E-state index contributed by atoms with van der Waals surface area (Å²) in [5, 5.41) is 0. The predicted octanol–water partition coefficient (Wildman–Crippen LogP) is 3.28. The molecule has 0 spiro atoms. The first-order valence-electron chi connectivity index (χ1n) is 8.22. The molecule has 3 rings (SSSR count). The van der Waals surface area contributed by atoms with Crippen LogP contribution in [0.25, 0.3) is 5.57 Å². The fraction of sp³-hybridized carbons (Fsp3) is 0.190. The van der Waals surface area contributed by atoms with Crippen molar-refractivity contribution in [3.63, 3.8) is 0 Å². The van der Waals surface area contributed by atoms with E-state index in [1.165, 1.54) is 0 Å². The number of rotatable bonds is 4. The molecule has 5 heteroatoms. The van der Waals surface area contributed by atoms with Crippen LogP contribution in [0.15, 0.2) is 54.6 Å². The third kappa shape index (κ3) is 3.51. The SMILES string of the molecule is C#CCC(N)C(=O)N1CC(c2cc(F)ccc2F)=CC1c1ccccc1. The Morgan fingerprint density at radius 3 is 2.69 bits per heavy atom. The molecular formula is C21H18F2N2O. The molecule has 0 aliphatic carbocycles. The van der Waals surface area contributed by atoms with Crippen molar-refractivity contribution in [2.75, 3.05) is 6.54 Å².